The van der Waals surface area contributed by atoms with E-state index < -0.39 is 22.5 Å². The molecule has 0 saturated carbocycles. The molecule has 0 aliphatic carbocycles. The van der Waals surface area contributed by atoms with E-state index in [4.69, 9.17) is 10.4 Å². The minimum atomic E-state index is -1.51. The molecule has 1 N–H and O–H groups in total. The number of carbonyl (C=O) groups is 1. The molecule has 0 aliphatic rings. The molecular weight excluding hydrogens is 142 g/mol. The maximum Gasteiger partial charge on any atom is 0.316 e. The summed E-state index contributed by atoms with van der Waals surface area (Å²) in [6, 6.07) is 1.61. The molecule has 0 rings (SSSR count). The summed E-state index contributed by atoms with van der Waals surface area (Å²) in [5.41, 5.74) is 0. The van der Waals surface area contributed by atoms with Gasteiger partial charge in [0.25, 0.3) is 0 Å². The number of hydrogen-bond acceptors (Lipinski definition) is 3. The lowest BCUT2D eigenvalue weighted by atomic mass is 10.8. The summed E-state index contributed by atoms with van der Waals surface area (Å²) in [6.07, 6.45) is 0. The van der Waals surface area contributed by atoms with Gasteiger partial charge in [-0.15, -0.1) is 0 Å². The molecule has 4 nitrogen and oxygen atoms in total. The molecule has 1 atom stereocenters. The zero-order chi connectivity index (χ0) is 7.28. The third-order valence-electron chi connectivity index (χ3n) is 0.510. The van der Waals surface area contributed by atoms with Crippen molar-refractivity contribution in [1.82, 2.24) is 0 Å². The monoisotopic (exact) mass is 147 g/mol. The predicted octanol–water partition coefficient (Wildman–Crippen LogP) is -0.657. The highest BCUT2D eigenvalue weighted by Crippen LogP contribution is 1.79. The van der Waals surface area contributed by atoms with Crippen molar-refractivity contribution in [3.63, 3.8) is 0 Å². The minimum Gasteiger partial charge on any atom is -0.481 e. The highest BCUT2D eigenvalue weighted by atomic mass is 32.2. The molecule has 0 aromatic carbocycles. The SMILES string of the molecule is N#CC[S@@](=O)CC(=O)O. The van der Waals surface area contributed by atoms with E-state index in [0.29, 0.717) is 0 Å². The van der Waals surface area contributed by atoms with Crippen molar-refractivity contribution in [3.8, 4) is 6.07 Å². The molecule has 5 heteroatoms. The first kappa shape index (κ1) is 8.11. The molecule has 0 unspecified atom stereocenters. The van der Waals surface area contributed by atoms with E-state index in [1.54, 1.807) is 6.07 Å². The normalized spacial score (nSPS) is 11.9. The molecule has 0 radical (unpaired) electrons. The number of nitriles is 1. The van der Waals surface area contributed by atoms with Crippen LogP contribution in [0, 0.1) is 11.3 Å². The number of rotatable bonds is 3. The Balaban J connectivity index is 3.54. The Morgan fingerprint density at radius 3 is 2.67 bits per heavy atom. The molecule has 0 aliphatic heterocycles. The second-order valence-electron chi connectivity index (χ2n) is 1.28. The summed E-state index contributed by atoms with van der Waals surface area (Å²) in [5, 5.41) is 15.9. The van der Waals surface area contributed by atoms with E-state index in [0.717, 1.165) is 0 Å². The Bertz CT molecular complexity index is 171. The predicted molar refractivity (Wildman–Crippen MR) is 31.1 cm³/mol. The van der Waals surface area contributed by atoms with Crippen LogP contribution in [0.4, 0.5) is 0 Å². The van der Waals surface area contributed by atoms with Crippen LogP contribution in [0.25, 0.3) is 0 Å². The van der Waals surface area contributed by atoms with Gasteiger partial charge in [-0.05, 0) is 0 Å². The Kier molecular flexibility index (Phi) is 3.64. The quantitative estimate of drug-likeness (QED) is 0.575. The van der Waals surface area contributed by atoms with Gasteiger partial charge in [0, 0.05) is 10.8 Å². The van der Waals surface area contributed by atoms with E-state index >= 15 is 0 Å². The molecule has 0 heterocycles. The van der Waals surface area contributed by atoms with Gasteiger partial charge < -0.3 is 5.11 Å². The van der Waals surface area contributed by atoms with Gasteiger partial charge >= 0.3 is 5.97 Å². The summed E-state index contributed by atoms with van der Waals surface area (Å²) in [7, 11) is -1.51. The van der Waals surface area contributed by atoms with Gasteiger partial charge in [-0.1, -0.05) is 0 Å². The van der Waals surface area contributed by atoms with E-state index in [1.807, 2.05) is 0 Å². The Morgan fingerprint density at radius 1 is 1.78 bits per heavy atom. The van der Waals surface area contributed by atoms with Crippen LogP contribution in [0.2, 0.25) is 0 Å². The smallest absolute Gasteiger partial charge is 0.316 e. The fourth-order valence-electron chi connectivity index (χ4n) is 0.261. The zero-order valence-electron chi connectivity index (χ0n) is 4.53. The maximum atomic E-state index is 10.4. The summed E-state index contributed by atoms with van der Waals surface area (Å²) in [6.45, 7) is 0. The minimum absolute atomic E-state index is 0.202. The van der Waals surface area contributed by atoms with Crippen molar-refractivity contribution in [2.24, 2.45) is 0 Å². The summed E-state index contributed by atoms with van der Waals surface area (Å²) in [4.78, 5) is 9.78. The van der Waals surface area contributed by atoms with Crippen molar-refractivity contribution in [3.05, 3.63) is 0 Å². The van der Waals surface area contributed by atoms with Crippen LogP contribution in [0.15, 0.2) is 0 Å². The van der Waals surface area contributed by atoms with Gasteiger partial charge in [-0.3, -0.25) is 9.00 Å². The van der Waals surface area contributed by atoms with E-state index in [1.165, 1.54) is 0 Å². The fraction of sp³-hybridized carbons (Fsp3) is 0.500. The fourth-order valence-corrected chi connectivity index (χ4v) is 0.782. The molecule has 0 saturated heterocycles. The van der Waals surface area contributed by atoms with Crippen LogP contribution in [-0.2, 0) is 15.6 Å². The van der Waals surface area contributed by atoms with Crippen molar-refractivity contribution < 1.29 is 14.1 Å². The van der Waals surface area contributed by atoms with Crippen LogP contribution in [0.3, 0.4) is 0 Å². The number of carboxylic acid groups (broad SMARTS) is 1. The molecular formula is C4H5NO3S. The zero-order valence-corrected chi connectivity index (χ0v) is 5.35. The van der Waals surface area contributed by atoms with Crippen LogP contribution in [-0.4, -0.2) is 26.8 Å². The number of aliphatic carboxylic acids is 1. The Hall–Kier alpha value is -0.890. The average Bonchev–Trinajstić information content (AvgIpc) is 1.63. The van der Waals surface area contributed by atoms with Gasteiger partial charge in [0.15, 0.2) is 0 Å². The van der Waals surface area contributed by atoms with Crippen LogP contribution >= 0.6 is 0 Å². The lowest BCUT2D eigenvalue weighted by Gasteiger charge is -1.87. The molecule has 0 spiro atoms. The van der Waals surface area contributed by atoms with E-state index in [-0.39, 0.29) is 5.75 Å². The largest absolute Gasteiger partial charge is 0.481 e. The Morgan fingerprint density at radius 2 is 2.33 bits per heavy atom. The van der Waals surface area contributed by atoms with Gasteiger partial charge in [0.05, 0.1) is 6.07 Å². The van der Waals surface area contributed by atoms with Gasteiger partial charge in [0.2, 0.25) is 0 Å². The van der Waals surface area contributed by atoms with Crippen LogP contribution < -0.4 is 0 Å². The van der Waals surface area contributed by atoms with Crippen molar-refractivity contribution >= 4 is 16.8 Å². The third kappa shape index (κ3) is 4.97. The van der Waals surface area contributed by atoms with Gasteiger partial charge in [0.1, 0.15) is 11.5 Å². The first-order valence-electron chi connectivity index (χ1n) is 2.10. The number of nitrogens with zero attached hydrogens (tertiary/aromatic N) is 1. The van der Waals surface area contributed by atoms with Gasteiger partial charge in [-0.25, -0.2) is 0 Å². The van der Waals surface area contributed by atoms with Crippen molar-refractivity contribution in [1.29, 1.82) is 5.26 Å². The molecule has 0 amide bonds. The summed E-state index contributed by atoms with van der Waals surface area (Å²) < 4.78 is 10.4. The first-order valence-corrected chi connectivity index (χ1v) is 3.59. The highest BCUT2D eigenvalue weighted by molar-refractivity contribution is 7.85. The van der Waals surface area contributed by atoms with Gasteiger partial charge in [-0.2, -0.15) is 5.26 Å². The van der Waals surface area contributed by atoms with E-state index in [2.05, 4.69) is 0 Å². The Labute approximate surface area is 54.6 Å². The molecule has 9 heavy (non-hydrogen) atoms. The molecule has 0 aromatic heterocycles. The summed E-state index contributed by atoms with van der Waals surface area (Å²) in [5.74, 6) is -1.77. The molecule has 0 bridgehead atoms. The number of hydrogen-bond donors (Lipinski definition) is 1. The van der Waals surface area contributed by atoms with E-state index in [9.17, 15) is 9.00 Å². The summed E-state index contributed by atoms with van der Waals surface area (Å²) >= 11 is 0. The second kappa shape index (κ2) is 4.04. The van der Waals surface area contributed by atoms with Crippen molar-refractivity contribution in [2.75, 3.05) is 11.5 Å². The number of carboxylic acids is 1. The third-order valence-corrected chi connectivity index (χ3v) is 1.53. The lowest BCUT2D eigenvalue weighted by Crippen LogP contribution is -2.10. The lowest BCUT2D eigenvalue weighted by molar-refractivity contribution is -0.133. The van der Waals surface area contributed by atoms with Crippen LogP contribution in [0.5, 0.6) is 0 Å². The topological polar surface area (TPSA) is 78.2 Å². The average molecular weight is 147 g/mol. The molecule has 0 aromatic rings. The first-order chi connectivity index (χ1) is 4.16. The second-order valence-corrected chi connectivity index (χ2v) is 2.74. The standard InChI is InChI=1S/C4H5NO3S/c5-1-2-9(8)3-4(6)7/h2-3H2,(H,6,7)/t9-/m1/s1. The molecule has 50 valence electrons. The molecule has 0 fully saturated rings. The van der Waals surface area contributed by atoms with Crippen molar-refractivity contribution in [2.45, 2.75) is 0 Å². The maximum absolute atomic E-state index is 10.4. The highest BCUT2D eigenvalue weighted by Gasteiger charge is 2.03. The van der Waals surface area contributed by atoms with Crippen LogP contribution in [0.1, 0.15) is 0 Å².